The van der Waals surface area contributed by atoms with Crippen LogP contribution >= 0.6 is 27.5 Å². The molecule has 0 fully saturated rings. The molecular formula is C12H8BrClN2O3. The third-order valence-electron chi connectivity index (χ3n) is 2.36. The van der Waals surface area contributed by atoms with Crippen LogP contribution in [0.3, 0.4) is 0 Å². The van der Waals surface area contributed by atoms with E-state index in [1.165, 1.54) is 6.07 Å². The fourth-order valence-electron chi connectivity index (χ4n) is 1.43. The molecule has 7 heteroatoms. The van der Waals surface area contributed by atoms with Gasteiger partial charge >= 0.3 is 0 Å². The number of rotatable bonds is 4. The highest BCUT2D eigenvalue weighted by Crippen LogP contribution is 2.34. The number of benzene rings is 1. The molecule has 0 saturated carbocycles. The highest BCUT2D eigenvalue weighted by molar-refractivity contribution is 9.10. The number of ether oxygens (including phenoxy) is 1. The maximum atomic E-state index is 10.8. The Bertz CT molecular complexity index is 622. The van der Waals surface area contributed by atoms with E-state index in [9.17, 15) is 10.1 Å². The largest absolute Gasteiger partial charge is 0.487 e. The molecule has 0 aliphatic carbocycles. The molecule has 0 aliphatic rings. The zero-order chi connectivity index (χ0) is 13.8. The van der Waals surface area contributed by atoms with Crippen LogP contribution in [0, 0.1) is 10.1 Å². The number of nitrogens with zero attached hydrogens (tertiary/aromatic N) is 2. The van der Waals surface area contributed by atoms with Gasteiger partial charge in [-0.3, -0.25) is 10.1 Å². The first-order valence-corrected chi connectivity index (χ1v) is 6.42. The van der Waals surface area contributed by atoms with Gasteiger partial charge in [-0.05, 0) is 28.1 Å². The number of hydrogen-bond acceptors (Lipinski definition) is 4. The summed E-state index contributed by atoms with van der Waals surface area (Å²) in [7, 11) is 0. The van der Waals surface area contributed by atoms with Crippen LogP contribution < -0.4 is 4.74 Å². The number of pyridine rings is 1. The lowest BCUT2D eigenvalue weighted by Crippen LogP contribution is -1.99. The predicted molar refractivity (Wildman–Crippen MR) is 74.4 cm³/mol. The van der Waals surface area contributed by atoms with E-state index in [0.29, 0.717) is 20.9 Å². The molecule has 2 aromatic rings. The predicted octanol–water partition coefficient (Wildman–Crippen LogP) is 3.98. The van der Waals surface area contributed by atoms with Gasteiger partial charge < -0.3 is 4.74 Å². The van der Waals surface area contributed by atoms with Crippen molar-refractivity contribution in [2.45, 2.75) is 6.61 Å². The van der Waals surface area contributed by atoms with E-state index in [4.69, 9.17) is 16.3 Å². The van der Waals surface area contributed by atoms with E-state index in [1.54, 1.807) is 30.5 Å². The summed E-state index contributed by atoms with van der Waals surface area (Å²) in [5.41, 5.74) is 0.664. The van der Waals surface area contributed by atoms with Crippen LogP contribution in [0.4, 0.5) is 5.69 Å². The van der Waals surface area contributed by atoms with Gasteiger partial charge in [-0.1, -0.05) is 23.7 Å². The fraction of sp³-hybridized carbons (Fsp3) is 0.0833. The Kier molecular flexibility index (Phi) is 4.34. The highest BCUT2D eigenvalue weighted by Gasteiger charge is 2.16. The Hall–Kier alpha value is -1.66. The van der Waals surface area contributed by atoms with Crippen LogP contribution in [0.2, 0.25) is 5.15 Å². The molecule has 0 bridgehead atoms. The van der Waals surface area contributed by atoms with Gasteiger partial charge in [0.2, 0.25) is 0 Å². The summed E-state index contributed by atoms with van der Waals surface area (Å²) in [6, 6.07) is 8.12. The van der Waals surface area contributed by atoms with Crippen LogP contribution in [0.25, 0.3) is 0 Å². The molecular weight excluding hydrogens is 336 g/mol. The average molecular weight is 344 g/mol. The van der Waals surface area contributed by atoms with Gasteiger partial charge in [0.1, 0.15) is 22.0 Å². The minimum atomic E-state index is -0.478. The van der Waals surface area contributed by atoms with Crippen LogP contribution in [0.1, 0.15) is 5.56 Å². The monoisotopic (exact) mass is 342 g/mol. The number of hydrogen-bond donors (Lipinski definition) is 0. The molecule has 0 saturated heterocycles. The maximum Gasteiger partial charge on any atom is 0.287 e. The normalized spacial score (nSPS) is 10.2. The number of nitro groups is 1. The zero-order valence-electron chi connectivity index (χ0n) is 9.55. The zero-order valence-corrected chi connectivity index (χ0v) is 11.9. The van der Waals surface area contributed by atoms with E-state index in [2.05, 4.69) is 20.9 Å². The minimum Gasteiger partial charge on any atom is -0.487 e. The van der Waals surface area contributed by atoms with Gasteiger partial charge in [0.25, 0.3) is 5.69 Å². The van der Waals surface area contributed by atoms with E-state index in [0.717, 1.165) is 0 Å². The van der Waals surface area contributed by atoms with Crippen molar-refractivity contribution in [1.29, 1.82) is 0 Å². The van der Waals surface area contributed by atoms with Gasteiger partial charge in [-0.15, -0.1) is 0 Å². The topological polar surface area (TPSA) is 65.3 Å². The van der Waals surface area contributed by atoms with Gasteiger partial charge in [-0.2, -0.15) is 0 Å². The molecule has 0 aliphatic heterocycles. The third-order valence-corrected chi connectivity index (χ3v) is 3.50. The molecule has 5 nitrogen and oxygen atoms in total. The second-order valence-electron chi connectivity index (χ2n) is 3.59. The highest BCUT2D eigenvalue weighted by atomic mass is 79.9. The lowest BCUT2D eigenvalue weighted by atomic mass is 10.3. The molecule has 98 valence electrons. The fourth-order valence-corrected chi connectivity index (χ4v) is 2.13. The summed E-state index contributed by atoms with van der Waals surface area (Å²) in [5.74, 6) is 0.383. The molecule has 0 N–H and O–H groups in total. The molecule has 0 atom stereocenters. The standard InChI is InChI=1S/C12H8BrClN2O3/c13-11-9(16(17)18)4-1-5-10(11)19-7-8-3-2-6-15-12(8)14/h1-6H,7H2. The molecule has 1 aromatic heterocycles. The SMILES string of the molecule is O=[N+]([O-])c1cccc(OCc2cccnc2Cl)c1Br. The molecule has 2 rings (SSSR count). The van der Waals surface area contributed by atoms with E-state index in [1.807, 2.05) is 0 Å². The van der Waals surface area contributed by atoms with E-state index in [-0.39, 0.29) is 12.3 Å². The maximum absolute atomic E-state index is 10.8. The summed E-state index contributed by atoms with van der Waals surface area (Å²) in [5, 5.41) is 11.1. The van der Waals surface area contributed by atoms with Crippen molar-refractivity contribution in [1.82, 2.24) is 4.98 Å². The Balaban J connectivity index is 2.19. The summed E-state index contributed by atoms with van der Waals surface area (Å²) in [4.78, 5) is 14.2. The first-order valence-electron chi connectivity index (χ1n) is 5.24. The van der Waals surface area contributed by atoms with Crippen molar-refractivity contribution in [2.75, 3.05) is 0 Å². The van der Waals surface area contributed by atoms with Crippen LogP contribution in [-0.4, -0.2) is 9.91 Å². The van der Waals surface area contributed by atoms with Crippen molar-refractivity contribution >= 4 is 33.2 Å². The third kappa shape index (κ3) is 3.21. The van der Waals surface area contributed by atoms with Gasteiger partial charge in [0.05, 0.1) is 4.92 Å². The smallest absolute Gasteiger partial charge is 0.287 e. The Labute approximate surface area is 122 Å². The van der Waals surface area contributed by atoms with Crippen LogP contribution in [0.5, 0.6) is 5.75 Å². The van der Waals surface area contributed by atoms with Crippen molar-refractivity contribution in [3.05, 3.63) is 61.8 Å². The van der Waals surface area contributed by atoms with Crippen molar-refractivity contribution in [3.63, 3.8) is 0 Å². The lowest BCUT2D eigenvalue weighted by Gasteiger charge is -2.08. The van der Waals surface area contributed by atoms with Crippen molar-refractivity contribution < 1.29 is 9.66 Å². The number of nitro benzene ring substituents is 1. The lowest BCUT2D eigenvalue weighted by molar-refractivity contribution is -0.385. The number of halogens is 2. The molecule has 1 heterocycles. The first kappa shape index (κ1) is 13.8. The van der Waals surface area contributed by atoms with E-state index < -0.39 is 4.92 Å². The number of aromatic nitrogens is 1. The molecule has 0 radical (unpaired) electrons. The van der Waals surface area contributed by atoms with Gasteiger partial charge in [0.15, 0.2) is 0 Å². The Morgan fingerprint density at radius 1 is 1.37 bits per heavy atom. The van der Waals surface area contributed by atoms with E-state index >= 15 is 0 Å². The summed E-state index contributed by atoms with van der Waals surface area (Å²) >= 11 is 9.06. The molecule has 1 aromatic carbocycles. The Morgan fingerprint density at radius 3 is 2.84 bits per heavy atom. The van der Waals surface area contributed by atoms with Crippen molar-refractivity contribution in [3.8, 4) is 5.75 Å². The quantitative estimate of drug-likeness (QED) is 0.478. The minimum absolute atomic E-state index is 0.0465. The molecule has 0 unspecified atom stereocenters. The molecule has 19 heavy (non-hydrogen) atoms. The summed E-state index contributed by atoms with van der Waals surface area (Å²) < 4.78 is 5.82. The van der Waals surface area contributed by atoms with Crippen LogP contribution in [0.15, 0.2) is 41.0 Å². The molecule has 0 spiro atoms. The second-order valence-corrected chi connectivity index (χ2v) is 4.74. The van der Waals surface area contributed by atoms with Crippen LogP contribution in [-0.2, 0) is 6.61 Å². The second kappa shape index (κ2) is 5.99. The molecule has 0 amide bonds. The average Bonchev–Trinajstić information content (AvgIpc) is 2.39. The van der Waals surface area contributed by atoms with Crippen molar-refractivity contribution in [2.24, 2.45) is 0 Å². The first-order chi connectivity index (χ1) is 9.09. The van der Waals surface area contributed by atoms with Gasteiger partial charge in [-0.25, -0.2) is 4.98 Å². The Morgan fingerprint density at radius 2 is 2.16 bits per heavy atom. The summed E-state index contributed by atoms with van der Waals surface area (Å²) in [6.07, 6.45) is 1.58. The summed E-state index contributed by atoms with van der Waals surface area (Å²) in [6.45, 7) is 0.187. The van der Waals surface area contributed by atoms with Gasteiger partial charge in [0, 0.05) is 17.8 Å².